The van der Waals surface area contributed by atoms with Crippen LogP contribution >= 0.6 is 0 Å². The minimum Gasteiger partial charge on any atom is -0.496 e. The van der Waals surface area contributed by atoms with Crippen molar-refractivity contribution in [2.75, 3.05) is 7.11 Å². The summed E-state index contributed by atoms with van der Waals surface area (Å²) in [5.74, 6) is 1.11. The van der Waals surface area contributed by atoms with Crippen molar-refractivity contribution in [1.29, 1.82) is 0 Å². The number of aliphatic hydroxyl groups excluding tert-OH is 2. The Morgan fingerprint density at radius 3 is 2.16 bits per heavy atom. The summed E-state index contributed by atoms with van der Waals surface area (Å²) in [6.07, 6.45) is -0.816. The van der Waals surface area contributed by atoms with E-state index in [-0.39, 0.29) is 5.92 Å². The van der Waals surface area contributed by atoms with Gasteiger partial charge in [-0.05, 0) is 68.4 Å². The van der Waals surface area contributed by atoms with E-state index < -0.39 is 12.2 Å². The average molecular weight is 266 g/mol. The summed E-state index contributed by atoms with van der Waals surface area (Å²) < 4.78 is 5.37. The molecule has 0 heterocycles. The molecule has 0 radical (unpaired) electrons. The van der Waals surface area contributed by atoms with Crippen molar-refractivity contribution in [3.05, 3.63) is 28.3 Å². The van der Waals surface area contributed by atoms with E-state index in [4.69, 9.17) is 4.74 Å². The van der Waals surface area contributed by atoms with Crippen LogP contribution in [0.3, 0.4) is 0 Å². The van der Waals surface area contributed by atoms with Gasteiger partial charge in [0.1, 0.15) is 5.75 Å². The van der Waals surface area contributed by atoms with E-state index in [1.807, 2.05) is 6.07 Å². The van der Waals surface area contributed by atoms with Crippen LogP contribution in [0.5, 0.6) is 5.75 Å². The maximum Gasteiger partial charge on any atom is 0.122 e. The Bertz CT molecular complexity index is 438. The molecule has 0 bridgehead atoms. The van der Waals surface area contributed by atoms with Gasteiger partial charge in [0.05, 0.1) is 19.3 Å². The summed E-state index contributed by atoms with van der Waals surface area (Å²) in [6.45, 7) is 9.92. The Morgan fingerprint density at radius 1 is 1.11 bits per heavy atom. The first kappa shape index (κ1) is 16.0. The van der Waals surface area contributed by atoms with Gasteiger partial charge in [0.2, 0.25) is 0 Å². The molecule has 3 nitrogen and oxygen atoms in total. The lowest BCUT2D eigenvalue weighted by Crippen LogP contribution is -2.24. The molecule has 3 heteroatoms. The van der Waals surface area contributed by atoms with Crippen molar-refractivity contribution in [3.63, 3.8) is 0 Å². The molecule has 0 fully saturated rings. The van der Waals surface area contributed by atoms with Gasteiger partial charge in [-0.2, -0.15) is 0 Å². The molecule has 0 aliphatic heterocycles. The minimum atomic E-state index is -0.692. The van der Waals surface area contributed by atoms with Crippen LogP contribution in [-0.4, -0.2) is 29.5 Å². The number of aryl methyl sites for hydroxylation is 1. The molecule has 1 aromatic rings. The largest absolute Gasteiger partial charge is 0.496 e. The molecular formula is C16H26O3. The second-order valence-electron chi connectivity index (χ2n) is 5.50. The Balaban J connectivity index is 3.10. The molecule has 0 aliphatic rings. The van der Waals surface area contributed by atoms with E-state index >= 15 is 0 Å². The topological polar surface area (TPSA) is 49.7 Å². The zero-order chi connectivity index (χ0) is 14.7. The Hall–Kier alpha value is -1.06. The Labute approximate surface area is 116 Å². The molecule has 3 atom stereocenters. The smallest absolute Gasteiger partial charge is 0.122 e. The molecule has 0 amide bonds. The molecule has 1 aromatic carbocycles. The van der Waals surface area contributed by atoms with Crippen LogP contribution in [-0.2, 0) is 0 Å². The van der Waals surface area contributed by atoms with Crippen LogP contribution in [0.4, 0.5) is 0 Å². The van der Waals surface area contributed by atoms with Crippen LogP contribution in [0.15, 0.2) is 6.07 Å². The van der Waals surface area contributed by atoms with E-state index in [0.717, 1.165) is 11.3 Å². The standard InChI is InChI=1S/C16H26O3/c1-9(7-14(18)13(5)17)16-10(2)8-15(19-6)11(3)12(16)4/h8-9,13-14,17-18H,7H2,1-6H3. The van der Waals surface area contributed by atoms with Crippen molar-refractivity contribution in [2.24, 2.45) is 0 Å². The van der Waals surface area contributed by atoms with Gasteiger partial charge in [0.25, 0.3) is 0 Å². The van der Waals surface area contributed by atoms with E-state index in [9.17, 15) is 10.2 Å². The van der Waals surface area contributed by atoms with Crippen LogP contribution in [0.1, 0.15) is 48.4 Å². The third-order valence-electron chi connectivity index (χ3n) is 3.97. The number of ether oxygens (including phenoxy) is 1. The molecule has 1 rings (SSSR count). The zero-order valence-corrected chi connectivity index (χ0v) is 12.8. The Morgan fingerprint density at radius 2 is 1.68 bits per heavy atom. The summed E-state index contributed by atoms with van der Waals surface area (Å²) in [6, 6.07) is 2.04. The number of hydrogen-bond acceptors (Lipinski definition) is 3. The second kappa shape index (κ2) is 6.40. The summed E-state index contributed by atoms with van der Waals surface area (Å²) in [5, 5.41) is 19.3. The van der Waals surface area contributed by atoms with Gasteiger partial charge < -0.3 is 14.9 Å². The van der Waals surface area contributed by atoms with Crippen molar-refractivity contribution < 1.29 is 14.9 Å². The quantitative estimate of drug-likeness (QED) is 0.861. The Kier molecular flexibility index (Phi) is 5.39. The van der Waals surface area contributed by atoms with Crippen LogP contribution in [0, 0.1) is 20.8 Å². The van der Waals surface area contributed by atoms with Crippen molar-refractivity contribution in [2.45, 2.75) is 59.2 Å². The molecule has 0 aliphatic carbocycles. The molecule has 0 aromatic heterocycles. The monoisotopic (exact) mass is 266 g/mol. The van der Waals surface area contributed by atoms with Crippen molar-refractivity contribution >= 4 is 0 Å². The van der Waals surface area contributed by atoms with Gasteiger partial charge in [-0.15, -0.1) is 0 Å². The lowest BCUT2D eigenvalue weighted by Gasteiger charge is -2.24. The molecule has 0 saturated heterocycles. The molecule has 19 heavy (non-hydrogen) atoms. The number of hydrogen-bond donors (Lipinski definition) is 2. The second-order valence-corrected chi connectivity index (χ2v) is 5.50. The van der Waals surface area contributed by atoms with Crippen LogP contribution in [0.2, 0.25) is 0 Å². The number of benzene rings is 1. The fourth-order valence-corrected chi connectivity index (χ4v) is 2.71. The molecule has 3 unspecified atom stereocenters. The first-order chi connectivity index (χ1) is 8.79. The minimum absolute atomic E-state index is 0.203. The van der Waals surface area contributed by atoms with E-state index in [1.165, 1.54) is 16.7 Å². The summed E-state index contributed by atoms with van der Waals surface area (Å²) in [7, 11) is 1.68. The highest BCUT2D eigenvalue weighted by molar-refractivity contribution is 5.49. The van der Waals surface area contributed by atoms with Crippen molar-refractivity contribution in [1.82, 2.24) is 0 Å². The van der Waals surface area contributed by atoms with Gasteiger partial charge in [-0.25, -0.2) is 0 Å². The normalized spacial score (nSPS) is 16.0. The van der Waals surface area contributed by atoms with E-state index in [1.54, 1.807) is 14.0 Å². The third kappa shape index (κ3) is 3.48. The van der Waals surface area contributed by atoms with E-state index in [0.29, 0.717) is 6.42 Å². The van der Waals surface area contributed by atoms with Gasteiger partial charge in [0, 0.05) is 0 Å². The first-order valence-electron chi connectivity index (χ1n) is 6.80. The van der Waals surface area contributed by atoms with Crippen LogP contribution in [0.25, 0.3) is 0 Å². The SMILES string of the molecule is COc1cc(C)c(C(C)CC(O)C(C)O)c(C)c1C. The molecule has 0 spiro atoms. The maximum absolute atomic E-state index is 9.84. The number of rotatable bonds is 5. The lowest BCUT2D eigenvalue weighted by atomic mass is 9.85. The number of aliphatic hydroxyl groups is 2. The summed E-state index contributed by atoms with van der Waals surface area (Å²) in [4.78, 5) is 0. The summed E-state index contributed by atoms with van der Waals surface area (Å²) in [5.41, 5.74) is 4.77. The highest BCUT2D eigenvalue weighted by atomic mass is 16.5. The van der Waals surface area contributed by atoms with Gasteiger partial charge in [0.15, 0.2) is 0 Å². The van der Waals surface area contributed by atoms with Gasteiger partial charge in [-0.3, -0.25) is 0 Å². The first-order valence-corrected chi connectivity index (χ1v) is 6.80. The fourth-order valence-electron chi connectivity index (χ4n) is 2.71. The van der Waals surface area contributed by atoms with Crippen molar-refractivity contribution in [3.8, 4) is 5.75 Å². The molecule has 108 valence electrons. The molecule has 0 saturated carbocycles. The molecule has 2 N–H and O–H groups in total. The van der Waals surface area contributed by atoms with Gasteiger partial charge in [-0.1, -0.05) is 6.92 Å². The highest BCUT2D eigenvalue weighted by Gasteiger charge is 2.20. The fraction of sp³-hybridized carbons (Fsp3) is 0.625. The summed E-state index contributed by atoms with van der Waals surface area (Å²) >= 11 is 0. The average Bonchev–Trinajstić information content (AvgIpc) is 2.33. The predicted molar refractivity (Wildman–Crippen MR) is 77.9 cm³/mol. The number of methoxy groups -OCH3 is 1. The maximum atomic E-state index is 9.84. The predicted octanol–water partition coefficient (Wildman–Crippen LogP) is 2.86. The third-order valence-corrected chi connectivity index (χ3v) is 3.97. The van der Waals surface area contributed by atoms with Crippen LogP contribution < -0.4 is 4.74 Å². The zero-order valence-electron chi connectivity index (χ0n) is 12.8. The molecular weight excluding hydrogens is 240 g/mol. The highest BCUT2D eigenvalue weighted by Crippen LogP contribution is 2.34. The van der Waals surface area contributed by atoms with E-state index in [2.05, 4.69) is 27.7 Å². The lowest BCUT2D eigenvalue weighted by molar-refractivity contribution is 0.0226. The van der Waals surface area contributed by atoms with Gasteiger partial charge >= 0.3 is 0 Å².